The van der Waals surface area contributed by atoms with Crippen molar-refractivity contribution in [3.8, 4) is 0 Å². The molecule has 0 aromatic heterocycles. The summed E-state index contributed by atoms with van der Waals surface area (Å²) in [6.45, 7) is 11.9. The second-order valence-electron chi connectivity index (χ2n) is 9.22. The first-order valence-electron chi connectivity index (χ1n) is 12.9. The van der Waals surface area contributed by atoms with Crippen molar-refractivity contribution in [2.75, 3.05) is 31.3 Å². The van der Waals surface area contributed by atoms with Crippen LogP contribution in [-0.4, -0.2) is 31.3 Å². The molecule has 0 saturated heterocycles. The first kappa shape index (κ1) is 27.8. The predicted molar refractivity (Wildman–Crippen MR) is 159 cm³/mol. The third-order valence-corrected chi connectivity index (χ3v) is 15.7. The van der Waals surface area contributed by atoms with Crippen molar-refractivity contribution >= 4 is 30.4 Å². The van der Waals surface area contributed by atoms with E-state index in [0.717, 1.165) is 6.16 Å². The first-order chi connectivity index (χ1) is 16.1. The average molecular weight is 481 g/mol. The molecule has 0 bridgehead atoms. The quantitative estimate of drug-likeness (QED) is 0.242. The van der Waals surface area contributed by atoms with Crippen LogP contribution in [0.15, 0.2) is 91.0 Å². The van der Waals surface area contributed by atoms with Gasteiger partial charge in [-0.3, -0.25) is 0 Å². The number of unbranched alkanes of at least 4 members (excludes halogenated alkanes) is 2. The van der Waals surface area contributed by atoms with Crippen LogP contribution in [0.25, 0.3) is 0 Å². The molecule has 3 aromatic carbocycles. The van der Waals surface area contributed by atoms with Crippen LogP contribution in [0, 0.1) is 0 Å². The van der Waals surface area contributed by atoms with Crippen LogP contribution in [0.3, 0.4) is 0 Å². The molecular weight excluding hydrogens is 434 g/mol. The number of hydrogen-bond acceptors (Lipinski definition) is 0. The molecule has 0 nitrogen and oxygen atoms in total. The summed E-state index contributed by atoms with van der Waals surface area (Å²) in [5, 5.41) is 4.39. The standard InChI is InChI=1S/C20H20P.C11H26P/c1-2-21(18-12-6-3-7-13-18,19-14-8-4-9-15-19)20-16-10-5-11-17-20;1-5-8-10-12(4,7-3)11-9-6-2/h3-17H,2H2,1H3;5-11H2,1-4H3/q2*+1. The van der Waals surface area contributed by atoms with Crippen LogP contribution >= 0.6 is 14.5 Å². The van der Waals surface area contributed by atoms with Gasteiger partial charge in [0.1, 0.15) is 23.2 Å². The molecule has 0 N–H and O–H groups in total. The Morgan fingerprint density at radius 3 is 1.06 bits per heavy atom. The summed E-state index contributed by atoms with van der Waals surface area (Å²) < 4.78 is 0. The highest BCUT2D eigenvalue weighted by atomic mass is 31.2. The van der Waals surface area contributed by atoms with E-state index in [1.165, 1.54) is 47.8 Å². The Morgan fingerprint density at radius 1 is 0.485 bits per heavy atom. The van der Waals surface area contributed by atoms with Crippen LogP contribution in [0.4, 0.5) is 0 Å². The van der Waals surface area contributed by atoms with E-state index in [9.17, 15) is 0 Å². The average Bonchev–Trinajstić information content (AvgIpc) is 2.89. The van der Waals surface area contributed by atoms with Gasteiger partial charge >= 0.3 is 0 Å². The number of benzene rings is 3. The molecule has 0 aliphatic carbocycles. The Labute approximate surface area is 205 Å². The Bertz CT molecular complexity index is 770. The second kappa shape index (κ2) is 14.7. The molecule has 3 aromatic rings. The summed E-state index contributed by atoms with van der Waals surface area (Å²) in [4.78, 5) is 0. The topological polar surface area (TPSA) is 0 Å². The summed E-state index contributed by atoms with van der Waals surface area (Å²) in [7, 11) is -2.02. The zero-order valence-electron chi connectivity index (χ0n) is 21.7. The highest BCUT2D eigenvalue weighted by Gasteiger charge is 2.43. The van der Waals surface area contributed by atoms with Gasteiger partial charge in [0.15, 0.2) is 0 Å². The summed E-state index contributed by atoms with van der Waals surface area (Å²) in [5.74, 6) is 0. The van der Waals surface area contributed by atoms with E-state index < -0.39 is 14.5 Å². The van der Waals surface area contributed by atoms with Crippen molar-refractivity contribution in [2.45, 2.75) is 53.4 Å². The zero-order valence-corrected chi connectivity index (χ0v) is 23.5. The van der Waals surface area contributed by atoms with Crippen molar-refractivity contribution in [3.05, 3.63) is 91.0 Å². The highest BCUT2D eigenvalue weighted by Crippen LogP contribution is 2.56. The van der Waals surface area contributed by atoms with E-state index in [-0.39, 0.29) is 0 Å². The third kappa shape index (κ3) is 7.77. The maximum Gasteiger partial charge on any atom is 0.111 e. The summed E-state index contributed by atoms with van der Waals surface area (Å²) in [5.41, 5.74) is 0. The van der Waals surface area contributed by atoms with Gasteiger partial charge in [0.25, 0.3) is 0 Å². The van der Waals surface area contributed by atoms with Gasteiger partial charge in [-0.2, -0.15) is 0 Å². The molecule has 0 saturated carbocycles. The molecule has 0 fully saturated rings. The van der Waals surface area contributed by atoms with E-state index in [2.05, 4.69) is 125 Å². The smallest absolute Gasteiger partial charge is 0.0652 e. The SMILES string of the molecule is CCCC[P+](C)(CC)CCCC.CC[P+](c1ccccc1)(c1ccccc1)c1ccccc1. The lowest BCUT2D eigenvalue weighted by Gasteiger charge is -2.26. The molecule has 2 heteroatoms. The van der Waals surface area contributed by atoms with E-state index in [1.807, 2.05) is 0 Å². The van der Waals surface area contributed by atoms with Crippen molar-refractivity contribution in [3.63, 3.8) is 0 Å². The van der Waals surface area contributed by atoms with Crippen LogP contribution in [0.2, 0.25) is 0 Å². The summed E-state index contributed by atoms with van der Waals surface area (Å²) in [6.07, 6.45) is 11.4. The fourth-order valence-electron chi connectivity index (χ4n) is 4.55. The van der Waals surface area contributed by atoms with Crippen molar-refractivity contribution in [1.82, 2.24) is 0 Å². The van der Waals surface area contributed by atoms with Gasteiger partial charge in [-0.25, -0.2) is 0 Å². The normalized spacial score (nSPS) is 11.5. The van der Waals surface area contributed by atoms with Crippen LogP contribution < -0.4 is 15.9 Å². The van der Waals surface area contributed by atoms with E-state index in [4.69, 9.17) is 0 Å². The first-order valence-corrected chi connectivity index (χ1v) is 17.7. The van der Waals surface area contributed by atoms with Gasteiger partial charge in [0, 0.05) is 13.9 Å². The lowest BCUT2D eigenvalue weighted by atomic mass is 10.4. The molecule has 0 radical (unpaired) electrons. The molecule has 0 aliphatic rings. The minimum Gasteiger partial charge on any atom is -0.0652 e. The molecular formula is C31H46P2+2. The number of rotatable bonds is 11. The lowest BCUT2D eigenvalue weighted by Crippen LogP contribution is -2.32. The number of hydrogen-bond donors (Lipinski definition) is 0. The molecule has 0 heterocycles. The Kier molecular flexibility index (Phi) is 12.4. The third-order valence-electron chi connectivity index (χ3n) is 6.93. The fraction of sp³-hybridized carbons (Fsp3) is 0.419. The molecule has 3 rings (SSSR count). The van der Waals surface area contributed by atoms with Crippen molar-refractivity contribution in [2.24, 2.45) is 0 Å². The Hall–Kier alpha value is -1.48. The second-order valence-corrected chi connectivity index (χ2v) is 17.8. The summed E-state index contributed by atoms with van der Waals surface area (Å²) in [6, 6.07) is 33.0. The van der Waals surface area contributed by atoms with Crippen molar-refractivity contribution < 1.29 is 0 Å². The van der Waals surface area contributed by atoms with Crippen LogP contribution in [-0.2, 0) is 0 Å². The van der Waals surface area contributed by atoms with Gasteiger partial charge < -0.3 is 0 Å². The molecule has 0 amide bonds. The van der Waals surface area contributed by atoms with Gasteiger partial charge in [-0.1, -0.05) is 81.3 Å². The van der Waals surface area contributed by atoms with Gasteiger partial charge in [0.05, 0.1) is 24.6 Å². The van der Waals surface area contributed by atoms with E-state index in [0.29, 0.717) is 0 Å². The summed E-state index contributed by atoms with van der Waals surface area (Å²) >= 11 is 0. The minimum absolute atomic E-state index is 0.483. The molecule has 0 aliphatic heterocycles. The monoisotopic (exact) mass is 480 g/mol. The van der Waals surface area contributed by atoms with E-state index >= 15 is 0 Å². The largest absolute Gasteiger partial charge is 0.111 e. The fourth-order valence-corrected chi connectivity index (χ4v) is 11.6. The van der Waals surface area contributed by atoms with Crippen LogP contribution in [0.5, 0.6) is 0 Å². The maximum atomic E-state index is 2.57. The Balaban J connectivity index is 0.000000277. The minimum atomic E-state index is -1.53. The van der Waals surface area contributed by atoms with Gasteiger partial charge in [-0.05, 0) is 63.1 Å². The van der Waals surface area contributed by atoms with E-state index in [1.54, 1.807) is 12.3 Å². The predicted octanol–water partition coefficient (Wildman–Crippen LogP) is 8.25. The van der Waals surface area contributed by atoms with Crippen LogP contribution in [0.1, 0.15) is 53.4 Å². The Morgan fingerprint density at radius 2 is 0.818 bits per heavy atom. The van der Waals surface area contributed by atoms with Gasteiger partial charge in [0.2, 0.25) is 0 Å². The van der Waals surface area contributed by atoms with Gasteiger partial charge in [-0.15, -0.1) is 0 Å². The zero-order chi connectivity index (χ0) is 24.0. The molecule has 0 atom stereocenters. The van der Waals surface area contributed by atoms with Crippen molar-refractivity contribution in [1.29, 1.82) is 0 Å². The molecule has 178 valence electrons. The molecule has 0 unspecified atom stereocenters. The molecule has 33 heavy (non-hydrogen) atoms. The highest BCUT2D eigenvalue weighted by molar-refractivity contribution is 7.95. The lowest BCUT2D eigenvalue weighted by molar-refractivity contribution is 0.860. The molecule has 0 spiro atoms. The maximum absolute atomic E-state index is 2.57.